The van der Waals surface area contributed by atoms with Crippen LogP contribution in [0.4, 0.5) is 0 Å². The molecule has 2 saturated carbocycles. The van der Waals surface area contributed by atoms with Crippen molar-refractivity contribution in [3.05, 3.63) is 47.0 Å². The van der Waals surface area contributed by atoms with Gasteiger partial charge in [-0.05, 0) is 75.0 Å². The zero-order chi connectivity index (χ0) is 25.7. The Morgan fingerprint density at radius 1 is 1.03 bits per heavy atom. The molecule has 0 radical (unpaired) electrons. The lowest BCUT2D eigenvalue weighted by atomic mass is 9.53. The molecule has 198 valence electrons. The van der Waals surface area contributed by atoms with Gasteiger partial charge in [-0.2, -0.15) is 0 Å². The second kappa shape index (κ2) is 8.14. The molecule has 1 N–H and O–H groups in total. The Hall–Kier alpha value is -2.22. The van der Waals surface area contributed by atoms with Gasteiger partial charge in [0, 0.05) is 31.0 Å². The van der Waals surface area contributed by atoms with E-state index in [2.05, 4.69) is 11.8 Å². The minimum Gasteiger partial charge on any atom is -0.466 e. The van der Waals surface area contributed by atoms with Crippen LogP contribution in [0.2, 0.25) is 0 Å². The van der Waals surface area contributed by atoms with Crippen LogP contribution in [0.1, 0.15) is 62.2 Å². The fraction of sp³-hybridized carbons (Fsp3) is 0.667. The van der Waals surface area contributed by atoms with Gasteiger partial charge < -0.3 is 19.3 Å². The lowest BCUT2D eigenvalue weighted by Gasteiger charge is -2.65. The van der Waals surface area contributed by atoms with Crippen molar-refractivity contribution in [2.75, 3.05) is 14.2 Å². The maximum atomic E-state index is 13.8. The summed E-state index contributed by atoms with van der Waals surface area (Å²) in [5, 5.41) is 12.5. The number of esters is 2. The van der Waals surface area contributed by atoms with E-state index in [9.17, 15) is 14.7 Å². The highest BCUT2D eigenvalue weighted by atomic mass is 16.6. The molecule has 1 aromatic rings. The van der Waals surface area contributed by atoms with Crippen molar-refractivity contribution in [3.8, 4) is 0 Å². The topological polar surface area (TPSA) is 85.3 Å². The van der Waals surface area contributed by atoms with Crippen molar-refractivity contribution in [2.45, 2.75) is 87.3 Å². The van der Waals surface area contributed by atoms with Crippen molar-refractivity contribution in [2.24, 2.45) is 23.7 Å². The largest absolute Gasteiger partial charge is 0.466 e. The van der Waals surface area contributed by atoms with E-state index in [1.807, 2.05) is 6.07 Å². The van der Waals surface area contributed by atoms with Crippen molar-refractivity contribution in [1.29, 1.82) is 0 Å². The summed E-state index contributed by atoms with van der Waals surface area (Å²) in [5.74, 6) is -0.629. The van der Waals surface area contributed by atoms with E-state index in [0.717, 1.165) is 44.1 Å². The molecule has 1 spiro atoms. The molecule has 3 aliphatic carbocycles. The number of piperidine rings is 2. The fourth-order valence-corrected chi connectivity index (χ4v) is 10.2. The van der Waals surface area contributed by atoms with Crippen LogP contribution < -0.4 is 0 Å². The molecule has 1 unspecified atom stereocenters. The van der Waals surface area contributed by atoms with Crippen LogP contribution in [0.5, 0.6) is 0 Å². The molecule has 3 aliphatic heterocycles. The number of nitrogens with zero attached hydrogens (tertiary/aromatic N) is 1. The Kier molecular flexibility index (Phi) is 5.25. The second-order valence-corrected chi connectivity index (χ2v) is 12.3. The average molecular weight is 508 g/mol. The van der Waals surface area contributed by atoms with Crippen LogP contribution >= 0.6 is 0 Å². The molecule has 0 aromatic heterocycles. The second-order valence-electron chi connectivity index (χ2n) is 12.3. The van der Waals surface area contributed by atoms with Crippen LogP contribution in [-0.4, -0.2) is 71.6 Å². The van der Waals surface area contributed by atoms with Gasteiger partial charge in [-0.25, -0.2) is 9.59 Å². The number of benzene rings is 1. The summed E-state index contributed by atoms with van der Waals surface area (Å²) in [6.07, 6.45) is 5.60. The van der Waals surface area contributed by atoms with E-state index < -0.39 is 29.2 Å². The van der Waals surface area contributed by atoms with Gasteiger partial charge >= 0.3 is 11.9 Å². The van der Waals surface area contributed by atoms with Crippen molar-refractivity contribution in [1.82, 2.24) is 4.90 Å². The van der Waals surface area contributed by atoms with Crippen LogP contribution in [-0.2, 0) is 19.0 Å². The molecule has 37 heavy (non-hydrogen) atoms. The number of hydrogen-bond donors (Lipinski definition) is 1. The summed E-state index contributed by atoms with van der Waals surface area (Å²) in [7, 11) is 3.11. The van der Waals surface area contributed by atoms with Crippen molar-refractivity contribution in [3.63, 3.8) is 0 Å². The standard InChI is InChI=1S/C30H37NO6/c1-16-12-13-19-21-14-18-15-29(19,34)26-24(28(33)36-3)25(37-27(32)17-8-5-4-6-9-17)23-20(30(18,26)31(16)21)10-7-11-22(23)35-2/h4-6,8-9,16,18-23,25,34H,7,10-15H2,1-3H3/t16-,18-,19+,20+,21+,22-,23+,25-,29-,30-/m0/s1. The highest BCUT2D eigenvalue weighted by Gasteiger charge is 2.81. The van der Waals surface area contributed by atoms with Crippen LogP contribution in [0.25, 0.3) is 0 Å². The number of fused-ring (bicyclic) bond motifs is 2. The first-order valence-electron chi connectivity index (χ1n) is 14.0. The Morgan fingerprint density at radius 2 is 1.81 bits per heavy atom. The predicted molar refractivity (Wildman–Crippen MR) is 135 cm³/mol. The number of rotatable bonds is 4. The molecular weight excluding hydrogens is 470 g/mol. The lowest BCUT2D eigenvalue weighted by molar-refractivity contribution is -0.164. The number of aliphatic hydroxyl groups is 1. The van der Waals surface area contributed by atoms with Gasteiger partial charge in [-0.3, -0.25) is 4.90 Å². The van der Waals surface area contributed by atoms with Gasteiger partial charge in [0.2, 0.25) is 0 Å². The first-order valence-corrected chi connectivity index (χ1v) is 14.0. The zero-order valence-corrected chi connectivity index (χ0v) is 21.9. The Morgan fingerprint density at radius 3 is 2.54 bits per heavy atom. The van der Waals surface area contributed by atoms with Crippen LogP contribution in [0.15, 0.2) is 41.5 Å². The summed E-state index contributed by atoms with van der Waals surface area (Å²) in [6, 6.07) is 9.64. The van der Waals surface area contributed by atoms with Crippen molar-refractivity contribution >= 4 is 11.9 Å². The van der Waals surface area contributed by atoms with Gasteiger partial charge in [0.05, 0.1) is 35.5 Å². The first kappa shape index (κ1) is 23.9. The van der Waals surface area contributed by atoms with Gasteiger partial charge in [0.25, 0.3) is 0 Å². The number of carbonyl (C=O) groups is 2. The Labute approximate surface area is 218 Å². The van der Waals surface area contributed by atoms with Crippen LogP contribution in [0, 0.1) is 23.7 Å². The monoisotopic (exact) mass is 507 g/mol. The third-order valence-corrected chi connectivity index (χ3v) is 11.1. The van der Waals surface area contributed by atoms with E-state index >= 15 is 0 Å². The minimum absolute atomic E-state index is 0.0917. The SMILES string of the molecule is COC(=O)C1=C2[C@]3([C@H]4C[C@@H]5[C@@H](CC[C@H](C)N53)[C@@]2(O)C4)[C@@H]2CCC[C@H](OC)[C@@H]2[C@@H]1OC(=O)c1ccccc1. The molecule has 3 heterocycles. The molecule has 3 saturated heterocycles. The van der Waals surface area contributed by atoms with Gasteiger partial charge in [0.15, 0.2) is 0 Å². The van der Waals surface area contributed by atoms with Crippen molar-refractivity contribution < 1.29 is 28.9 Å². The minimum atomic E-state index is -1.06. The third-order valence-electron chi connectivity index (χ3n) is 11.1. The predicted octanol–water partition coefficient (Wildman–Crippen LogP) is 3.50. The van der Waals surface area contributed by atoms with Gasteiger partial charge in [-0.15, -0.1) is 0 Å². The molecule has 6 aliphatic rings. The fourth-order valence-electron chi connectivity index (χ4n) is 10.2. The van der Waals surface area contributed by atoms with Gasteiger partial charge in [0.1, 0.15) is 6.10 Å². The summed E-state index contributed by atoms with van der Waals surface area (Å²) >= 11 is 0. The number of ether oxygens (including phenoxy) is 3. The quantitative estimate of drug-likeness (QED) is 0.625. The summed E-state index contributed by atoms with van der Waals surface area (Å²) in [6.45, 7) is 2.31. The maximum absolute atomic E-state index is 13.8. The number of methoxy groups -OCH3 is 2. The smallest absolute Gasteiger partial charge is 0.338 e. The zero-order valence-electron chi connectivity index (χ0n) is 21.9. The molecular formula is C30H37NO6. The molecule has 11 atom stereocenters. The highest BCUT2D eigenvalue weighted by molar-refractivity contribution is 5.95. The third kappa shape index (κ3) is 2.83. The van der Waals surface area contributed by atoms with E-state index in [4.69, 9.17) is 14.2 Å². The highest BCUT2D eigenvalue weighted by Crippen LogP contribution is 2.75. The Bertz CT molecular complexity index is 1170. The summed E-state index contributed by atoms with van der Waals surface area (Å²) in [4.78, 5) is 29.9. The molecule has 5 bridgehead atoms. The maximum Gasteiger partial charge on any atom is 0.338 e. The van der Waals surface area contributed by atoms with E-state index in [1.165, 1.54) is 7.11 Å². The molecule has 7 rings (SSSR count). The van der Waals surface area contributed by atoms with Gasteiger partial charge in [-0.1, -0.05) is 24.6 Å². The summed E-state index contributed by atoms with van der Waals surface area (Å²) in [5.41, 5.74) is 0.185. The average Bonchev–Trinajstić information content (AvgIpc) is 3.32. The first-order chi connectivity index (χ1) is 17.9. The molecule has 5 fully saturated rings. The van der Waals surface area contributed by atoms with E-state index in [1.54, 1.807) is 31.4 Å². The van der Waals surface area contributed by atoms with E-state index in [-0.39, 0.29) is 29.8 Å². The number of hydrogen-bond acceptors (Lipinski definition) is 7. The molecule has 0 amide bonds. The molecule has 1 aromatic carbocycles. The number of carbonyl (C=O) groups excluding carboxylic acids is 2. The van der Waals surface area contributed by atoms with E-state index in [0.29, 0.717) is 29.6 Å². The summed E-state index contributed by atoms with van der Waals surface area (Å²) < 4.78 is 17.8. The lowest BCUT2D eigenvalue weighted by Crippen LogP contribution is -2.73. The molecule has 7 heteroatoms. The normalized spacial score (nSPS) is 46.9. The van der Waals surface area contributed by atoms with Crippen LogP contribution in [0.3, 0.4) is 0 Å². The molecule has 7 nitrogen and oxygen atoms in total. The Balaban J connectivity index is 1.48.